The van der Waals surface area contributed by atoms with Gasteiger partial charge in [0.25, 0.3) is 0 Å². The molecule has 37 heavy (non-hydrogen) atoms. The van der Waals surface area contributed by atoms with E-state index in [0.717, 1.165) is 83.8 Å². The summed E-state index contributed by atoms with van der Waals surface area (Å²) in [5.74, 6) is 3.61. The summed E-state index contributed by atoms with van der Waals surface area (Å²) in [5.41, 5.74) is 5.28. The summed E-state index contributed by atoms with van der Waals surface area (Å²) in [6, 6.07) is 8.43. The summed E-state index contributed by atoms with van der Waals surface area (Å²) in [6.45, 7) is 7.73. The molecule has 0 amide bonds. The molecule has 198 valence electrons. The monoisotopic (exact) mass is 508 g/mol. The Bertz CT molecular complexity index is 1400. The molecule has 2 N–H and O–H groups in total. The van der Waals surface area contributed by atoms with Crippen molar-refractivity contribution in [1.29, 1.82) is 0 Å². The smallest absolute Gasteiger partial charge is 0.205 e. The Labute approximate surface area is 217 Å². The van der Waals surface area contributed by atoms with Crippen LogP contribution in [0.3, 0.4) is 0 Å². The van der Waals surface area contributed by atoms with Gasteiger partial charge in [0, 0.05) is 67.0 Å². The number of piperazine rings is 1. The maximum Gasteiger partial charge on any atom is 0.205 e. The minimum absolute atomic E-state index is 0.600. The molecular weight excluding hydrogens is 472 g/mol. The SMILES string of the molecule is COc1cc2cc(CN3CCN(Cc4cc5cc(OC)c(OC)c(OC)c5[nH]4)CC3)[nH]c2c(OC)c1C. The highest BCUT2D eigenvalue weighted by Crippen LogP contribution is 2.43. The number of aromatic amines is 2. The van der Waals surface area contributed by atoms with Crippen molar-refractivity contribution >= 4 is 21.8 Å². The number of H-pyrrole nitrogens is 2. The van der Waals surface area contributed by atoms with Crippen molar-refractivity contribution < 1.29 is 23.7 Å². The van der Waals surface area contributed by atoms with Gasteiger partial charge in [0.05, 0.1) is 46.6 Å². The summed E-state index contributed by atoms with van der Waals surface area (Å²) in [4.78, 5) is 12.1. The minimum Gasteiger partial charge on any atom is -0.496 e. The second-order valence-electron chi connectivity index (χ2n) is 9.45. The van der Waals surface area contributed by atoms with Crippen LogP contribution in [0.15, 0.2) is 24.3 Å². The maximum atomic E-state index is 5.68. The van der Waals surface area contributed by atoms with E-state index in [-0.39, 0.29) is 0 Å². The fourth-order valence-corrected chi connectivity index (χ4v) is 5.41. The summed E-state index contributed by atoms with van der Waals surface area (Å²) in [7, 11) is 8.31. The van der Waals surface area contributed by atoms with E-state index in [1.165, 1.54) is 5.69 Å². The van der Waals surface area contributed by atoms with Crippen LogP contribution in [0.4, 0.5) is 0 Å². The van der Waals surface area contributed by atoms with Gasteiger partial charge < -0.3 is 33.7 Å². The molecule has 0 spiro atoms. The molecule has 4 aromatic rings. The molecule has 0 saturated carbocycles. The first-order valence-corrected chi connectivity index (χ1v) is 12.5. The van der Waals surface area contributed by atoms with Crippen LogP contribution in [0, 0.1) is 6.92 Å². The quantitative estimate of drug-likeness (QED) is 0.348. The van der Waals surface area contributed by atoms with Crippen molar-refractivity contribution in [2.75, 3.05) is 61.7 Å². The summed E-state index contributed by atoms with van der Waals surface area (Å²) in [5, 5.41) is 2.15. The number of ether oxygens (including phenoxy) is 5. The average Bonchev–Trinajstić information content (AvgIpc) is 3.50. The first-order valence-electron chi connectivity index (χ1n) is 12.5. The predicted octanol–water partition coefficient (Wildman–Crippen LogP) is 4.32. The maximum absolute atomic E-state index is 5.68. The second kappa shape index (κ2) is 10.4. The van der Waals surface area contributed by atoms with Gasteiger partial charge in [0.15, 0.2) is 11.5 Å². The molecule has 1 aliphatic heterocycles. The Morgan fingerprint density at radius 1 is 0.595 bits per heavy atom. The van der Waals surface area contributed by atoms with Gasteiger partial charge in [-0.3, -0.25) is 9.80 Å². The van der Waals surface area contributed by atoms with Gasteiger partial charge in [0.2, 0.25) is 5.75 Å². The van der Waals surface area contributed by atoms with Gasteiger partial charge in [-0.05, 0) is 31.2 Å². The summed E-state index contributed by atoms with van der Waals surface area (Å²) < 4.78 is 27.9. The van der Waals surface area contributed by atoms with Crippen LogP contribution in [0.25, 0.3) is 21.8 Å². The van der Waals surface area contributed by atoms with Crippen molar-refractivity contribution in [1.82, 2.24) is 19.8 Å². The first-order chi connectivity index (χ1) is 18.0. The van der Waals surface area contributed by atoms with Crippen LogP contribution >= 0.6 is 0 Å². The van der Waals surface area contributed by atoms with Crippen LogP contribution in [0.1, 0.15) is 17.0 Å². The van der Waals surface area contributed by atoms with Crippen LogP contribution < -0.4 is 23.7 Å². The fraction of sp³-hybridized carbons (Fsp3) is 0.429. The fourth-order valence-electron chi connectivity index (χ4n) is 5.41. The van der Waals surface area contributed by atoms with Gasteiger partial charge in [-0.2, -0.15) is 0 Å². The van der Waals surface area contributed by atoms with Crippen molar-refractivity contribution in [2.24, 2.45) is 0 Å². The molecule has 0 atom stereocenters. The summed E-state index contributed by atoms with van der Waals surface area (Å²) >= 11 is 0. The van der Waals surface area contributed by atoms with Crippen LogP contribution in [-0.4, -0.2) is 81.5 Å². The molecule has 1 aliphatic rings. The van der Waals surface area contributed by atoms with Gasteiger partial charge in [0.1, 0.15) is 11.5 Å². The van der Waals surface area contributed by atoms with Crippen molar-refractivity contribution in [2.45, 2.75) is 20.0 Å². The van der Waals surface area contributed by atoms with E-state index in [9.17, 15) is 0 Å². The highest BCUT2D eigenvalue weighted by atomic mass is 16.5. The van der Waals surface area contributed by atoms with Crippen molar-refractivity contribution in [3.05, 3.63) is 41.2 Å². The molecule has 3 heterocycles. The molecule has 2 aromatic heterocycles. The van der Waals surface area contributed by atoms with Crippen LogP contribution in [0.2, 0.25) is 0 Å². The molecule has 9 heteroatoms. The lowest BCUT2D eigenvalue weighted by Crippen LogP contribution is -2.45. The third-order valence-electron chi connectivity index (χ3n) is 7.28. The second-order valence-corrected chi connectivity index (χ2v) is 9.45. The largest absolute Gasteiger partial charge is 0.496 e. The van der Waals surface area contributed by atoms with Gasteiger partial charge >= 0.3 is 0 Å². The first kappa shape index (κ1) is 25.1. The van der Waals surface area contributed by atoms with E-state index >= 15 is 0 Å². The van der Waals surface area contributed by atoms with E-state index in [4.69, 9.17) is 23.7 Å². The number of aromatic nitrogens is 2. The third kappa shape index (κ3) is 4.65. The summed E-state index contributed by atoms with van der Waals surface area (Å²) in [6.07, 6.45) is 0. The lowest BCUT2D eigenvalue weighted by Gasteiger charge is -2.34. The standard InChI is InChI=1S/C28H36N4O5/c1-17-22(33-2)13-18-11-20(29-24(18)26(17)35-4)15-31-7-9-32(10-8-31)16-21-12-19-14-23(34-3)27(36-5)28(37-6)25(19)30-21/h11-14,29-30H,7-10,15-16H2,1-6H3. The molecule has 5 rings (SSSR count). The zero-order valence-electron chi connectivity index (χ0n) is 22.5. The number of hydrogen-bond donors (Lipinski definition) is 2. The molecule has 0 unspecified atom stereocenters. The topological polar surface area (TPSA) is 84.2 Å². The Hall–Kier alpha value is -3.56. The Morgan fingerprint density at radius 3 is 1.51 bits per heavy atom. The van der Waals surface area contributed by atoms with Crippen molar-refractivity contribution in [3.8, 4) is 28.7 Å². The molecule has 0 bridgehead atoms. The van der Waals surface area contributed by atoms with Gasteiger partial charge in [-0.15, -0.1) is 0 Å². The average molecular weight is 509 g/mol. The van der Waals surface area contributed by atoms with E-state index < -0.39 is 0 Å². The number of rotatable bonds is 9. The van der Waals surface area contributed by atoms with E-state index in [2.05, 4.69) is 38.0 Å². The lowest BCUT2D eigenvalue weighted by molar-refractivity contribution is 0.120. The zero-order valence-corrected chi connectivity index (χ0v) is 22.5. The molecule has 0 aliphatic carbocycles. The molecule has 0 radical (unpaired) electrons. The number of fused-ring (bicyclic) bond motifs is 2. The minimum atomic E-state index is 0.600. The number of methoxy groups -OCH3 is 5. The van der Waals surface area contributed by atoms with Crippen LogP contribution in [-0.2, 0) is 13.1 Å². The zero-order chi connectivity index (χ0) is 26.1. The number of nitrogens with zero attached hydrogens (tertiary/aromatic N) is 2. The number of nitrogens with one attached hydrogen (secondary N) is 2. The third-order valence-corrected chi connectivity index (χ3v) is 7.28. The number of benzene rings is 2. The highest BCUT2D eigenvalue weighted by molar-refractivity contribution is 5.91. The lowest BCUT2D eigenvalue weighted by atomic mass is 10.1. The molecule has 2 aromatic carbocycles. The molecule has 1 fully saturated rings. The molecule has 1 saturated heterocycles. The van der Waals surface area contributed by atoms with E-state index in [0.29, 0.717) is 17.2 Å². The molecular formula is C28H36N4O5. The Balaban J connectivity index is 1.25. The Kier molecular flexibility index (Phi) is 7.08. The van der Waals surface area contributed by atoms with Crippen LogP contribution in [0.5, 0.6) is 28.7 Å². The van der Waals surface area contributed by atoms with Gasteiger partial charge in [-0.1, -0.05) is 0 Å². The predicted molar refractivity (Wildman–Crippen MR) is 145 cm³/mol. The van der Waals surface area contributed by atoms with E-state index in [1.807, 2.05) is 13.0 Å². The van der Waals surface area contributed by atoms with E-state index in [1.54, 1.807) is 35.5 Å². The molecule has 9 nitrogen and oxygen atoms in total. The highest BCUT2D eigenvalue weighted by Gasteiger charge is 2.22. The van der Waals surface area contributed by atoms with Gasteiger partial charge in [-0.25, -0.2) is 0 Å². The van der Waals surface area contributed by atoms with Crippen molar-refractivity contribution in [3.63, 3.8) is 0 Å². The Morgan fingerprint density at radius 2 is 1.05 bits per heavy atom. The number of hydrogen-bond acceptors (Lipinski definition) is 7. The normalized spacial score (nSPS) is 14.9.